The Kier molecular flexibility index (Phi) is 4.32. The lowest BCUT2D eigenvalue weighted by atomic mass is 10.1. The minimum Gasteiger partial charge on any atom is -0.399 e. The van der Waals surface area contributed by atoms with Crippen LogP contribution in [0.1, 0.15) is 11.1 Å². The van der Waals surface area contributed by atoms with Crippen LogP contribution in [0.5, 0.6) is 0 Å². The Bertz CT molecular complexity index is 714. The molecule has 2 aromatic rings. The second-order valence-corrected chi connectivity index (χ2v) is 5.98. The summed E-state index contributed by atoms with van der Waals surface area (Å²) in [5.41, 5.74) is 6.73. The topological polar surface area (TPSA) is 86.2 Å². The first-order valence-electron chi connectivity index (χ1n) is 6.06. The highest BCUT2D eigenvalue weighted by atomic mass is 32.2. The summed E-state index contributed by atoms with van der Waals surface area (Å²) in [4.78, 5) is 10.7. The van der Waals surface area contributed by atoms with Crippen molar-refractivity contribution in [3.8, 4) is 0 Å². The number of nitrogens with zero attached hydrogens (tertiary/aromatic N) is 1. The standard InChI is InChI=1S/C14H13FN2O3S/c1-9-10(3-2-4-14(9)17(18)19)8-21(20)13-6-11(15)5-12(16)7-13/h2-7H,8,16H2,1H3. The largest absolute Gasteiger partial charge is 0.399 e. The molecule has 0 radical (unpaired) electrons. The van der Waals surface area contributed by atoms with Gasteiger partial charge in [-0.3, -0.25) is 14.3 Å². The van der Waals surface area contributed by atoms with Crippen LogP contribution in [0, 0.1) is 22.9 Å². The molecule has 21 heavy (non-hydrogen) atoms. The van der Waals surface area contributed by atoms with Crippen molar-refractivity contribution in [2.75, 3.05) is 5.73 Å². The summed E-state index contributed by atoms with van der Waals surface area (Å²) in [6.45, 7) is 1.60. The van der Waals surface area contributed by atoms with Gasteiger partial charge in [0.05, 0.1) is 21.5 Å². The Hall–Kier alpha value is -2.28. The zero-order valence-corrected chi connectivity index (χ0v) is 12.0. The van der Waals surface area contributed by atoms with Gasteiger partial charge in [0, 0.05) is 22.2 Å². The summed E-state index contributed by atoms with van der Waals surface area (Å²) < 4.78 is 25.5. The molecule has 0 aliphatic rings. The third-order valence-corrected chi connectivity index (χ3v) is 4.39. The van der Waals surface area contributed by atoms with Crippen LogP contribution < -0.4 is 5.73 Å². The molecule has 0 bridgehead atoms. The molecular weight excluding hydrogens is 295 g/mol. The second-order valence-electron chi connectivity index (χ2n) is 4.53. The van der Waals surface area contributed by atoms with Gasteiger partial charge in [-0.15, -0.1) is 0 Å². The second kappa shape index (κ2) is 6.01. The highest BCUT2D eigenvalue weighted by Crippen LogP contribution is 2.24. The summed E-state index contributed by atoms with van der Waals surface area (Å²) in [6.07, 6.45) is 0. The lowest BCUT2D eigenvalue weighted by Gasteiger charge is -2.07. The molecule has 0 aromatic heterocycles. The number of nitro groups is 1. The summed E-state index contributed by atoms with van der Waals surface area (Å²) in [6, 6.07) is 8.33. The molecule has 0 saturated heterocycles. The van der Waals surface area contributed by atoms with Gasteiger partial charge in [-0.1, -0.05) is 12.1 Å². The molecule has 0 fully saturated rings. The lowest BCUT2D eigenvalue weighted by molar-refractivity contribution is -0.385. The van der Waals surface area contributed by atoms with Crippen LogP contribution in [-0.2, 0) is 16.6 Å². The molecule has 2 aromatic carbocycles. The van der Waals surface area contributed by atoms with Gasteiger partial charge in [-0.2, -0.15) is 0 Å². The van der Waals surface area contributed by atoms with Gasteiger partial charge >= 0.3 is 0 Å². The number of hydrogen-bond acceptors (Lipinski definition) is 4. The molecule has 0 saturated carbocycles. The maximum absolute atomic E-state index is 13.3. The number of benzene rings is 2. The summed E-state index contributed by atoms with van der Waals surface area (Å²) in [5.74, 6) is -0.495. The van der Waals surface area contributed by atoms with Gasteiger partial charge in [-0.25, -0.2) is 4.39 Å². The van der Waals surface area contributed by atoms with E-state index in [9.17, 15) is 18.7 Å². The average molecular weight is 308 g/mol. The van der Waals surface area contributed by atoms with Crippen molar-refractivity contribution in [2.24, 2.45) is 0 Å². The predicted molar refractivity (Wildman–Crippen MR) is 78.8 cm³/mol. The number of nitrogens with two attached hydrogens (primary N) is 1. The Balaban J connectivity index is 2.32. The fourth-order valence-corrected chi connectivity index (χ4v) is 3.24. The molecule has 2 N–H and O–H groups in total. The van der Waals surface area contributed by atoms with E-state index in [-0.39, 0.29) is 22.0 Å². The number of rotatable bonds is 4. The van der Waals surface area contributed by atoms with E-state index in [1.54, 1.807) is 13.0 Å². The van der Waals surface area contributed by atoms with E-state index >= 15 is 0 Å². The van der Waals surface area contributed by atoms with Crippen molar-refractivity contribution in [3.63, 3.8) is 0 Å². The van der Waals surface area contributed by atoms with Crippen molar-refractivity contribution in [1.82, 2.24) is 0 Å². The Morgan fingerprint density at radius 3 is 2.67 bits per heavy atom. The maximum Gasteiger partial charge on any atom is 0.272 e. The Morgan fingerprint density at radius 1 is 1.33 bits per heavy atom. The Morgan fingerprint density at radius 2 is 2.05 bits per heavy atom. The summed E-state index contributed by atoms with van der Waals surface area (Å²) in [7, 11) is -1.53. The first kappa shape index (κ1) is 15.1. The molecule has 1 atom stereocenters. The number of nitro benzene ring substituents is 1. The van der Waals surface area contributed by atoms with E-state index in [4.69, 9.17) is 5.73 Å². The van der Waals surface area contributed by atoms with Gasteiger partial charge in [0.25, 0.3) is 5.69 Å². The molecule has 0 aliphatic heterocycles. The lowest BCUT2D eigenvalue weighted by Crippen LogP contribution is -2.02. The number of hydrogen-bond donors (Lipinski definition) is 1. The molecule has 0 amide bonds. The summed E-state index contributed by atoms with van der Waals surface area (Å²) in [5, 5.41) is 10.9. The van der Waals surface area contributed by atoms with E-state index in [0.29, 0.717) is 11.1 Å². The van der Waals surface area contributed by atoms with E-state index in [1.807, 2.05) is 0 Å². The van der Waals surface area contributed by atoms with Crippen LogP contribution >= 0.6 is 0 Å². The number of halogens is 1. The predicted octanol–water partition coefficient (Wildman–Crippen LogP) is 2.93. The van der Waals surface area contributed by atoms with Crippen molar-refractivity contribution < 1.29 is 13.5 Å². The zero-order valence-electron chi connectivity index (χ0n) is 11.2. The van der Waals surface area contributed by atoms with Crippen LogP contribution in [-0.4, -0.2) is 9.13 Å². The van der Waals surface area contributed by atoms with E-state index in [1.165, 1.54) is 18.2 Å². The fraction of sp³-hybridized carbons (Fsp3) is 0.143. The molecule has 2 rings (SSSR count). The van der Waals surface area contributed by atoms with Crippen LogP contribution in [0.3, 0.4) is 0 Å². The Labute approximate surface area is 123 Å². The maximum atomic E-state index is 13.3. The minimum absolute atomic E-state index is 0.0248. The zero-order chi connectivity index (χ0) is 15.6. The monoisotopic (exact) mass is 308 g/mol. The fourth-order valence-electron chi connectivity index (χ4n) is 1.96. The first-order valence-corrected chi connectivity index (χ1v) is 7.37. The van der Waals surface area contributed by atoms with Crippen LogP contribution in [0.15, 0.2) is 41.3 Å². The van der Waals surface area contributed by atoms with Gasteiger partial charge in [0.15, 0.2) is 0 Å². The smallest absolute Gasteiger partial charge is 0.272 e. The van der Waals surface area contributed by atoms with E-state index in [0.717, 1.165) is 12.1 Å². The minimum atomic E-state index is -1.53. The van der Waals surface area contributed by atoms with Crippen LogP contribution in [0.2, 0.25) is 0 Å². The highest BCUT2D eigenvalue weighted by molar-refractivity contribution is 7.84. The normalized spacial score (nSPS) is 12.1. The molecule has 1 unspecified atom stereocenters. The average Bonchev–Trinajstić information content (AvgIpc) is 2.39. The van der Waals surface area contributed by atoms with E-state index < -0.39 is 21.5 Å². The van der Waals surface area contributed by atoms with Gasteiger partial charge < -0.3 is 5.73 Å². The summed E-state index contributed by atoms with van der Waals surface area (Å²) >= 11 is 0. The van der Waals surface area contributed by atoms with E-state index in [2.05, 4.69) is 0 Å². The molecule has 110 valence electrons. The van der Waals surface area contributed by atoms with Crippen molar-refractivity contribution in [3.05, 3.63) is 63.5 Å². The quantitative estimate of drug-likeness (QED) is 0.534. The molecule has 5 nitrogen and oxygen atoms in total. The van der Waals surface area contributed by atoms with Gasteiger partial charge in [-0.05, 0) is 30.7 Å². The molecule has 0 heterocycles. The van der Waals surface area contributed by atoms with Crippen molar-refractivity contribution >= 4 is 22.2 Å². The van der Waals surface area contributed by atoms with Gasteiger partial charge in [0.2, 0.25) is 0 Å². The number of anilines is 1. The highest BCUT2D eigenvalue weighted by Gasteiger charge is 2.16. The van der Waals surface area contributed by atoms with Gasteiger partial charge in [0.1, 0.15) is 5.82 Å². The molecular formula is C14H13FN2O3S. The van der Waals surface area contributed by atoms with Crippen molar-refractivity contribution in [1.29, 1.82) is 0 Å². The van der Waals surface area contributed by atoms with Crippen LogP contribution in [0.4, 0.5) is 15.8 Å². The van der Waals surface area contributed by atoms with Crippen LogP contribution in [0.25, 0.3) is 0 Å². The third-order valence-electron chi connectivity index (χ3n) is 3.06. The SMILES string of the molecule is Cc1c(CS(=O)c2cc(N)cc(F)c2)cccc1[N+](=O)[O-]. The first-order chi connectivity index (χ1) is 9.88. The molecule has 7 heteroatoms. The molecule has 0 spiro atoms. The number of nitrogen functional groups attached to an aromatic ring is 1. The third kappa shape index (κ3) is 3.43. The molecule has 0 aliphatic carbocycles. The van der Waals surface area contributed by atoms with Crippen molar-refractivity contribution in [2.45, 2.75) is 17.6 Å².